The third kappa shape index (κ3) is 3.32. The van der Waals surface area contributed by atoms with E-state index in [-0.39, 0.29) is 5.91 Å². The first-order valence-corrected chi connectivity index (χ1v) is 8.55. The molecule has 2 aromatic rings. The van der Waals surface area contributed by atoms with Crippen molar-refractivity contribution >= 4 is 40.1 Å². The predicted molar refractivity (Wildman–Crippen MR) is 90.9 cm³/mol. The Kier molecular flexibility index (Phi) is 5.09. The fraction of sp³-hybridized carbons (Fsp3) is 0.500. The Hall–Kier alpha value is -1.30. The molecule has 0 aliphatic carbocycles. The van der Waals surface area contributed by atoms with Gasteiger partial charge in [0, 0.05) is 37.0 Å². The van der Waals surface area contributed by atoms with Crippen LogP contribution >= 0.6 is 23.2 Å². The Morgan fingerprint density at radius 3 is 2.96 bits per heavy atom. The van der Waals surface area contributed by atoms with E-state index in [1.807, 2.05) is 11.0 Å². The molecule has 0 aromatic carbocycles. The molecule has 7 heteroatoms. The molecule has 0 saturated carbocycles. The number of carbonyl (C=O) groups excluding carboxylic acids is 1. The second kappa shape index (κ2) is 7.07. The number of pyridine rings is 1. The second-order valence-electron chi connectivity index (χ2n) is 5.62. The van der Waals surface area contributed by atoms with Gasteiger partial charge in [-0.25, -0.2) is 4.98 Å². The third-order valence-electron chi connectivity index (χ3n) is 4.01. The summed E-state index contributed by atoms with van der Waals surface area (Å²) >= 11 is 12.3. The summed E-state index contributed by atoms with van der Waals surface area (Å²) in [4.78, 5) is 18.5. The highest BCUT2D eigenvalue weighted by atomic mass is 35.5. The average molecular weight is 356 g/mol. The zero-order valence-corrected chi connectivity index (χ0v) is 14.5. The van der Waals surface area contributed by atoms with E-state index in [1.54, 1.807) is 6.20 Å². The topological polar surface area (TPSA) is 47.4 Å². The van der Waals surface area contributed by atoms with E-state index in [2.05, 4.69) is 16.5 Å². The Balaban J connectivity index is 1.73. The number of ether oxygens (including phenoxy) is 1. The molecule has 0 N–H and O–H groups in total. The molecule has 1 amide bonds. The molecular formula is C16H19Cl2N3O2. The van der Waals surface area contributed by atoms with Crippen molar-refractivity contribution in [1.29, 1.82) is 0 Å². The Morgan fingerprint density at radius 1 is 1.35 bits per heavy atom. The number of hydrogen-bond acceptors (Lipinski definition) is 3. The molecule has 23 heavy (non-hydrogen) atoms. The lowest BCUT2D eigenvalue weighted by Gasteiger charge is -2.28. The molecule has 0 fully saturated rings. The number of halogens is 2. The van der Waals surface area contributed by atoms with E-state index in [4.69, 9.17) is 27.9 Å². The fourth-order valence-corrected chi connectivity index (χ4v) is 3.19. The maximum atomic E-state index is 12.3. The van der Waals surface area contributed by atoms with Crippen LogP contribution in [0.3, 0.4) is 0 Å². The van der Waals surface area contributed by atoms with Crippen LogP contribution in [0, 0.1) is 0 Å². The van der Waals surface area contributed by atoms with Crippen LogP contribution in [-0.2, 0) is 22.6 Å². The van der Waals surface area contributed by atoms with Gasteiger partial charge in [0.25, 0.3) is 0 Å². The smallest absolute Gasteiger partial charge is 0.225 e. The second-order valence-corrected chi connectivity index (χ2v) is 6.41. The molecule has 0 unspecified atom stereocenters. The third-order valence-corrected chi connectivity index (χ3v) is 4.80. The van der Waals surface area contributed by atoms with Crippen molar-refractivity contribution < 1.29 is 9.53 Å². The first-order chi connectivity index (χ1) is 11.1. The van der Waals surface area contributed by atoms with Gasteiger partial charge in [-0.2, -0.15) is 0 Å². The van der Waals surface area contributed by atoms with Crippen LogP contribution in [0.15, 0.2) is 12.3 Å². The van der Waals surface area contributed by atoms with Crippen LogP contribution in [0.1, 0.15) is 25.5 Å². The molecule has 0 spiro atoms. The monoisotopic (exact) mass is 355 g/mol. The first kappa shape index (κ1) is 16.6. The largest absolute Gasteiger partial charge is 0.381 e. The van der Waals surface area contributed by atoms with Crippen LogP contribution in [-0.4, -0.2) is 40.1 Å². The summed E-state index contributed by atoms with van der Waals surface area (Å²) in [6.07, 6.45) is 2.96. The van der Waals surface area contributed by atoms with Gasteiger partial charge in [0.1, 0.15) is 5.65 Å². The number of nitrogens with zero attached hydrogens (tertiary/aromatic N) is 3. The maximum Gasteiger partial charge on any atom is 0.225 e. The molecule has 0 saturated heterocycles. The van der Waals surface area contributed by atoms with Crippen molar-refractivity contribution in [3.63, 3.8) is 0 Å². The number of amides is 1. The van der Waals surface area contributed by atoms with E-state index >= 15 is 0 Å². The summed E-state index contributed by atoms with van der Waals surface area (Å²) in [5, 5.41) is 1.81. The molecule has 2 aromatic heterocycles. The highest BCUT2D eigenvalue weighted by molar-refractivity contribution is 6.45. The molecule has 124 valence electrons. The van der Waals surface area contributed by atoms with Gasteiger partial charge >= 0.3 is 0 Å². The normalized spacial score (nSPS) is 14.3. The van der Waals surface area contributed by atoms with Crippen molar-refractivity contribution in [1.82, 2.24) is 14.5 Å². The molecule has 1 aliphatic heterocycles. The van der Waals surface area contributed by atoms with Gasteiger partial charge < -0.3 is 14.2 Å². The summed E-state index contributed by atoms with van der Waals surface area (Å²) < 4.78 is 7.50. The zero-order valence-electron chi connectivity index (χ0n) is 13.0. The van der Waals surface area contributed by atoms with Crippen molar-refractivity contribution in [3.05, 3.63) is 28.0 Å². The standard InChI is InChI=1S/C16H19Cl2N3O2/c1-2-6-23-7-3-14(22)20-4-5-21-11(10-20)8-12-15(18)13(17)9-19-16(12)21/h8-9H,2-7,10H2,1H3. The summed E-state index contributed by atoms with van der Waals surface area (Å²) in [6, 6.07) is 1.98. The minimum absolute atomic E-state index is 0.120. The SMILES string of the molecule is CCCOCCC(=O)N1CCn2c(cc3c(Cl)c(Cl)cnc32)C1. The molecule has 0 atom stereocenters. The lowest BCUT2D eigenvalue weighted by atomic mass is 10.2. The minimum Gasteiger partial charge on any atom is -0.381 e. The summed E-state index contributed by atoms with van der Waals surface area (Å²) in [5.74, 6) is 0.120. The molecule has 3 rings (SSSR count). The number of carbonyl (C=O) groups is 1. The Labute approximate surface area is 145 Å². The Bertz CT molecular complexity index is 730. The molecule has 0 bridgehead atoms. The van der Waals surface area contributed by atoms with Gasteiger partial charge in [0.15, 0.2) is 0 Å². The van der Waals surface area contributed by atoms with Gasteiger partial charge in [-0.1, -0.05) is 30.1 Å². The number of rotatable bonds is 5. The van der Waals surface area contributed by atoms with Crippen molar-refractivity contribution in [2.45, 2.75) is 32.9 Å². The zero-order chi connectivity index (χ0) is 16.4. The summed E-state index contributed by atoms with van der Waals surface area (Å²) in [5.41, 5.74) is 1.86. The lowest BCUT2D eigenvalue weighted by Crippen LogP contribution is -2.38. The predicted octanol–water partition coefficient (Wildman–Crippen LogP) is 3.50. The minimum atomic E-state index is 0.120. The molecular weight excluding hydrogens is 337 g/mol. The number of fused-ring (bicyclic) bond motifs is 3. The van der Waals surface area contributed by atoms with Gasteiger partial charge in [0.05, 0.1) is 29.6 Å². The van der Waals surface area contributed by atoms with Crippen LogP contribution in [0.4, 0.5) is 0 Å². The van der Waals surface area contributed by atoms with Crippen molar-refractivity contribution in [2.24, 2.45) is 0 Å². The average Bonchev–Trinajstić information content (AvgIpc) is 2.93. The maximum absolute atomic E-state index is 12.3. The van der Waals surface area contributed by atoms with E-state index < -0.39 is 0 Å². The highest BCUT2D eigenvalue weighted by Crippen LogP contribution is 2.32. The number of hydrogen-bond donors (Lipinski definition) is 0. The molecule has 5 nitrogen and oxygen atoms in total. The van der Waals surface area contributed by atoms with Crippen molar-refractivity contribution in [3.8, 4) is 0 Å². The van der Waals surface area contributed by atoms with Crippen molar-refractivity contribution in [2.75, 3.05) is 19.8 Å². The van der Waals surface area contributed by atoms with Gasteiger partial charge in [0.2, 0.25) is 5.91 Å². The first-order valence-electron chi connectivity index (χ1n) is 7.79. The fourth-order valence-electron chi connectivity index (χ4n) is 2.85. The molecule has 3 heterocycles. The van der Waals surface area contributed by atoms with Crippen LogP contribution < -0.4 is 0 Å². The van der Waals surface area contributed by atoms with E-state index in [0.29, 0.717) is 49.3 Å². The molecule has 0 radical (unpaired) electrons. The number of aromatic nitrogens is 2. The Morgan fingerprint density at radius 2 is 2.17 bits per heavy atom. The quantitative estimate of drug-likeness (QED) is 0.771. The van der Waals surface area contributed by atoms with Crippen LogP contribution in [0.25, 0.3) is 11.0 Å². The van der Waals surface area contributed by atoms with E-state index in [9.17, 15) is 4.79 Å². The highest BCUT2D eigenvalue weighted by Gasteiger charge is 2.23. The lowest BCUT2D eigenvalue weighted by molar-refractivity contribution is -0.133. The molecule has 1 aliphatic rings. The van der Waals surface area contributed by atoms with Gasteiger partial charge in [-0.15, -0.1) is 0 Å². The van der Waals surface area contributed by atoms with E-state index in [0.717, 1.165) is 23.1 Å². The van der Waals surface area contributed by atoms with Gasteiger partial charge in [-0.05, 0) is 12.5 Å². The van der Waals surface area contributed by atoms with Crippen LogP contribution in [0.5, 0.6) is 0 Å². The van der Waals surface area contributed by atoms with Gasteiger partial charge in [-0.3, -0.25) is 4.79 Å². The summed E-state index contributed by atoms with van der Waals surface area (Å²) in [7, 11) is 0. The summed E-state index contributed by atoms with van der Waals surface area (Å²) in [6.45, 7) is 5.19. The van der Waals surface area contributed by atoms with E-state index in [1.165, 1.54) is 0 Å². The van der Waals surface area contributed by atoms with Crippen LogP contribution in [0.2, 0.25) is 10.0 Å².